The highest BCUT2D eigenvalue weighted by molar-refractivity contribution is 8.00. The maximum atomic E-state index is 12.5. The Bertz CT molecular complexity index is 873. The highest BCUT2D eigenvalue weighted by atomic mass is 32.2. The van der Waals surface area contributed by atoms with E-state index in [9.17, 15) is 4.79 Å². The summed E-state index contributed by atoms with van der Waals surface area (Å²) < 4.78 is 6.88. The summed E-state index contributed by atoms with van der Waals surface area (Å²) in [5.41, 5.74) is 2.11. The summed E-state index contributed by atoms with van der Waals surface area (Å²) in [7, 11) is 0. The summed E-state index contributed by atoms with van der Waals surface area (Å²) in [4.78, 5) is 12.5. The van der Waals surface area contributed by atoms with E-state index in [1.54, 1.807) is 19.3 Å². The zero-order valence-electron chi connectivity index (χ0n) is 14.3. The van der Waals surface area contributed by atoms with Gasteiger partial charge in [0, 0.05) is 6.07 Å². The number of aromatic nitrogens is 4. The van der Waals surface area contributed by atoms with Gasteiger partial charge in [-0.2, -0.15) is 0 Å². The van der Waals surface area contributed by atoms with E-state index < -0.39 is 0 Å². The van der Waals surface area contributed by atoms with Gasteiger partial charge in [0.15, 0.2) is 11.0 Å². The van der Waals surface area contributed by atoms with Crippen molar-refractivity contribution in [2.45, 2.75) is 37.6 Å². The van der Waals surface area contributed by atoms with E-state index in [4.69, 9.17) is 4.52 Å². The summed E-state index contributed by atoms with van der Waals surface area (Å²) in [6.45, 7) is 5.76. The third-order valence-corrected chi connectivity index (χ3v) is 5.00. The van der Waals surface area contributed by atoms with Crippen LogP contribution in [0.4, 0.5) is 5.82 Å². The maximum absolute atomic E-state index is 12.5. The fourth-order valence-electron chi connectivity index (χ4n) is 2.39. The second-order valence-corrected chi connectivity index (χ2v) is 6.77. The lowest BCUT2D eigenvalue weighted by molar-refractivity contribution is -0.115. The zero-order valence-corrected chi connectivity index (χ0v) is 15.1. The van der Waals surface area contributed by atoms with Crippen LogP contribution in [0.3, 0.4) is 0 Å². The van der Waals surface area contributed by atoms with Crippen LogP contribution in [0.25, 0.3) is 5.69 Å². The summed E-state index contributed by atoms with van der Waals surface area (Å²) in [6.07, 6.45) is 2.31. The number of rotatable bonds is 6. The fourth-order valence-corrected chi connectivity index (χ4v) is 3.33. The molecule has 2 aromatic heterocycles. The molecule has 1 aromatic carbocycles. The van der Waals surface area contributed by atoms with E-state index in [0.717, 1.165) is 11.3 Å². The molecule has 0 fully saturated rings. The molecule has 3 aromatic rings. The number of hydrogen-bond acceptors (Lipinski definition) is 6. The number of para-hydroxylation sites is 1. The maximum Gasteiger partial charge on any atom is 0.239 e. The van der Waals surface area contributed by atoms with Gasteiger partial charge in [0.1, 0.15) is 12.1 Å². The van der Waals surface area contributed by atoms with Crippen LogP contribution < -0.4 is 5.32 Å². The van der Waals surface area contributed by atoms with Crippen molar-refractivity contribution < 1.29 is 9.32 Å². The van der Waals surface area contributed by atoms with Crippen LogP contribution >= 0.6 is 11.8 Å². The molecule has 0 unspecified atom stereocenters. The average Bonchev–Trinajstić information content (AvgIpc) is 3.21. The number of carbonyl (C=O) groups is 1. The molecule has 0 spiro atoms. The molecule has 1 N–H and O–H groups in total. The molecule has 0 bridgehead atoms. The Kier molecular flexibility index (Phi) is 5.18. The first-order chi connectivity index (χ1) is 12.1. The van der Waals surface area contributed by atoms with Crippen LogP contribution in [-0.2, 0) is 4.79 Å². The molecule has 0 saturated heterocycles. The van der Waals surface area contributed by atoms with E-state index in [2.05, 4.69) is 20.7 Å². The Morgan fingerprint density at radius 1 is 1.36 bits per heavy atom. The summed E-state index contributed by atoms with van der Waals surface area (Å²) in [5, 5.41) is 15.1. The minimum atomic E-state index is -0.316. The lowest BCUT2D eigenvalue weighted by Gasteiger charge is -2.14. The fraction of sp³-hybridized carbons (Fsp3) is 0.294. The van der Waals surface area contributed by atoms with Crippen molar-refractivity contribution in [1.29, 1.82) is 0 Å². The predicted molar refractivity (Wildman–Crippen MR) is 95.9 cm³/mol. The molecule has 7 nitrogen and oxygen atoms in total. The number of nitrogens with one attached hydrogen (secondary N) is 1. The molecule has 0 aliphatic heterocycles. The van der Waals surface area contributed by atoms with Crippen LogP contribution in [0.1, 0.15) is 24.7 Å². The number of carbonyl (C=O) groups excluding carboxylic acids is 1. The van der Waals surface area contributed by atoms with Crippen molar-refractivity contribution in [3.05, 3.63) is 48.0 Å². The summed E-state index contributed by atoms with van der Waals surface area (Å²) in [5.74, 6) is 0.928. The second-order valence-electron chi connectivity index (χ2n) is 5.60. The van der Waals surface area contributed by atoms with Crippen molar-refractivity contribution in [2.75, 3.05) is 5.32 Å². The molecule has 130 valence electrons. The number of aryl methyl sites for hydroxylation is 2. The van der Waals surface area contributed by atoms with Crippen LogP contribution in [0.2, 0.25) is 0 Å². The first kappa shape index (κ1) is 17.2. The topological polar surface area (TPSA) is 85.8 Å². The van der Waals surface area contributed by atoms with Crippen LogP contribution in [0.5, 0.6) is 0 Å². The number of benzene rings is 1. The molecule has 1 atom stereocenters. The van der Waals surface area contributed by atoms with Crippen molar-refractivity contribution in [3.8, 4) is 5.69 Å². The SMILES string of the molecule is CC[C@H](Sc1nncn1-c1ccccc1C)C(=O)Nc1cc(C)on1. The molecule has 8 heteroatoms. The standard InChI is InChI=1S/C17H19N5O2S/c1-4-14(16(23)19-15-9-12(3)24-21-15)25-17-20-18-10-22(17)13-8-6-5-7-11(13)2/h5-10,14H,4H2,1-3H3,(H,19,21,23)/t14-/m0/s1. The molecular formula is C17H19N5O2S. The van der Waals surface area contributed by atoms with Gasteiger partial charge in [0.25, 0.3) is 0 Å². The van der Waals surface area contributed by atoms with E-state index in [1.807, 2.05) is 42.7 Å². The van der Waals surface area contributed by atoms with Gasteiger partial charge in [-0.25, -0.2) is 0 Å². The predicted octanol–water partition coefficient (Wildman–Crippen LogP) is 3.38. The first-order valence-corrected chi connectivity index (χ1v) is 8.83. The lowest BCUT2D eigenvalue weighted by atomic mass is 10.2. The number of anilines is 1. The minimum Gasteiger partial charge on any atom is -0.360 e. The average molecular weight is 357 g/mol. The van der Waals surface area contributed by atoms with E-state index in [1.165, 1.54) is 11.8 Å². The monoisotopic (exact) mass is 357 g/mol. The molecule has 0 radical (unpaired) electrons. The molecule has 0 aliphatic rings. The quantitative estimate of drug-likeness (QED) is 0.681. The number of amides is 1. The van der Waals surface area contributed by atoms with Crippen molar-refractivity contribution in [2.24, 2.45) is 0 Å². The molecular weight excluding hydrogens is 338 g/mol. The van der Waals surface area contributed by atoms with Gasteiger partial charge in [0.2, 0.25) is 5.91 Å². The van der Waals surface area contributed by atoms with Gasteiger partial charge in [0.05, 0.1) is 10.9 Å². The van der Waals surface area contributed by atoms with Gasteiger partial charge in [-0.1, -0.05) is 42.0 Å². The van der Waals surface area contributed by atoms with Crippen molar-refractivity contribution in [1.82, 2.24) is 19.9 Å². The Labute approximate surface area is 149 Å². The minimum absolute atomic E-state index is 0.139. The Morgan fingerprint density at radius 3 is 2.84 bits per heavy atom. The highest BCUT2D eigenvalue weighted by Crippen LogP contribution is 2.27. The largest absolute Gasteiger partial charge is 0.360 e. The smallest absolute Gasteiger partial charge is 0.239 e. The van der Waals surface area contributed by atoms with Gasteiger partial charge < -0.3 is 9.84 Å². The van der Waals surface area contributed by atoms with Crippen LogP contribution in [0, 0.1) is 13.8 Å². The second kappa shape index (κ2) is 7.52. The molecule has 0 saturated carbocycles. The van der Waals surface area contributed by atoms with Gasteiger partial charge in [-0.15, -0.1) is 10.2 Å². The van der Waals surface area contributed by atoms with Gasteiger partial charge in [-0.3, -0.25) is 9.36 Å². The summed E-state index contributed by atoms with van der Waals surface area (Å²) in [6, 6.07) is 9.67. The molecule has 1 amide bonds. The molecule has 25 heavy (non-hydrogen) atoms. The highest BCUT2D eigenvalue weighted by Gasteiger charge is 2.22. The Balaban J connectivity index is 1.78. The number of hydrogen-bond donors (Lipinski definition) is 1. The van der Waals surface area contributed by atoms with Crippen molar-refractivity contribution in [3.63, 3.8) is 0 Å². The lowest BCUT2D eigenvalue weighted by Crippen LogP contribution is -2.25. The van der Waals surface area contributed by atoms with Crippen LogP contribution in [-0.4, -0.2) is 31.1 Å². The molecule has 2 heterocycles. The van der Waals surface area contributed by atoms with E-state index in [0.29, 0.717) is 23.2 Å². The number of thioether (sulfide) groups is 1. The third-order valence-electron chi connectivity index (χ3n) is 3.68. The van der Waals surface area contributed by atoms with Gasteiger partial charge >= 0.3 is 0 Å². The number of nitrogens with zero attached hydrogens (tertiary/aromatic N) is 4. The molecule has 3 rings (SSSR count). The Morgan fingerprint density at radius 2 is 2.16 bits per heavy atom. The van der Waals surface area contributed by atoms with Crippen LogP contribution in [0.15, 0.2) is 46.3 Å². The molecule has 0 aliphatic carbocycles. The van der Waals surface area contributed by atoms with Crippen molar-refractivity contribution >= 4 is 23.5 Å². The Hall–Kier alpha value is -2.61. The first-order valence-electron chi connectivity index (χ1n) is 7.95. The summed E-state index contributed by atoms with van der Waals surface area (Å²) >= 11 is 1.38. The van der Waals surface area contributed by atoms with Gasteiger partial charge in [-0.05, 0) is 31.9 Å². The van der Waals surface area contributed by atoms with E-state index >= 15 is 0 Å². The van der Waals surface area contributed by atoms with E-state index in [-0.39, 0.29) is 11.2 Å². The zero-order chi connectivity index (χ0) is 17.8. The third kappa shape index (κ3) is 3.90. The normalized spacial score (nSPS) is 12.1.